The minimum Gasteiger partial charge on any atom is -0.406 e. The zero-order chi connectivity index (χ0) is 22.2. The van der Waals surface area contributed by atoms with Gasteiger partial charge in [0.05, 0.1) is 13.0 Å². The molecule has 1 amide bonds. The summed E-state index contributed by atoms with van der Waals surface area (Å²) in [5, 5.41) is 0. The summed E-state index contributed by atoms with van der Waals surface area (Å²) in [5.41, 5.74) is 2.20. The van der Waals surface area contributed by atoms with Crippen LogP contribution in [0.5, 0.6) is 5.75 Å². The number of piperidine rings is 1. The average Bonchev–Trinajstić information content (AvgIpc) is 2.72. The third kappa shape index (κ3) is 4.61. The molecular formula is C22H23F3N2O4. The SMILES string of the molecule is COCCC(=O)N1C[C@H]2C[C@H](C1)c1c(-c3ccc(OC(F)(F)F)cc3)ccc(=O)n1C2. The largest absolute Gasteiger partial charge is 0.573 e. The second-order valence-electron chi connectivity index (χ2n) is 7.99. The molecule has 1 saturated heterocycles. The number of aromatic nitrogens is 1. The van der Waals surface area contributed by atoms with Crippen molar-refractivity contribution in [2.24, 2.45) is 5.92 Å². The predicted octanol–water partition coefficient (Wildman–Crippen LogP) is 3.40. The van der Waals surface area contributed by atoms with E-state index in [1.807, 2.05) is 4.90 Å². The summed E-state index contributed by atoms with van der Waals surface area (Å²) in [6, 6.07) is 8.83. The van der Waals surface area contributed by atoms with Crippen LogP contribution in [0.2, 0.25) is 0 Å². The lowest BCUT2D eigenvalue weighted by Gasteiger charge is -2.43. The molecule has 2 aromatic rings. The number of pyridine rings is 1. The van der Waals surface area contributed by atoms with Crippen molar-refractivity contribution >= 4 is 5.91 Å². The number of alkyl halides is 3. The Balaban J connectivity index is 1.66. The number of methoxy groups -OCH3 is 1. The van der Waals surface area contributed by atoms with E-state index in [1.54, 1.807) is 29.9 Å². The fourth-order valence-corrected chi connectivity index (χ4v) is 4.65. The number of hydrogen-bond donors (Lipinski definition) is 0. The molecule has 1 aromatic carbocycles. The van der Waals surface area contributed by atoms with Crippen molar-refractivity contribution in [3.8, 4) is 16.9 Å². The molecule has 0 spiro atoms. The molecule has 0 N–H and O–H groups in total. The Hall–Kier alpha value is -2.81. The van der Waals surface area contributed by atoms with Crippen LogP contribution in [0.25, 0.3) is 11.1 Å². The highest BCUT2D eigenvalue weighted by Crippen LogP contribution is 2.40. The summed E-state index contributed by atoms with van der Waals surface area (Å²) >= 11 is 0. The maximum absolute atomic E-state index is 12.6. The van der Waals surface area contributed by atoms with Gasteiger partial charge >= 0.3 is 6.36 Å². The molecule has 2 atom stereocenters. The molecule has 6 nitrogen and oxygen atoms in total. The number of ether oxygens (including phenoxy) is 2. The molecule has 31 heavy (non-hydrogen) atoms. The van der Waals surface area contributed by atoms with Crippen molar-refractivity contribution in [2.45, 2.75) is 31.7 Å². The van der Waals surface area contributed by atoms with Crippen molar-refractivity contribution in [2.75, 3.05) is 26.8 Å². The van der Waals surface area contributed by atoms with Crippen molar-refractivity contribution in [1.29, 1.82) is 0 Å². The number of amides is 1. The lowest BCUT2D eigenvalue weighted by atomic mass is 9.80. The molecule has 2 bridgehead atoms. The first kappa shape index (κ1) is 21.4. The number of likely N-dealkylation sites (tertiary alicyclic amines) is 1. The summed E-state index contributed by atoms with van der Waals surface area (Å²) in [7, 11) is 1.55. The van der Waals surface area contributed by atoms with Crippen LogP contribution in [-0.4, -0.2) is 48.5 Å². The molecule has 2 aliphatic rings. The second-order valence-corrected chi connectivity index (χ2v) is 7.99. The summed E-state index contributed by atoms with van der Waals surface area (Å²) in [5.74, 6) is -0.105. The average molecular weight is 436 g/mol. The van der Waals surface area contributed by atoms with Gasteiger partial charge in [-0.05, 0) is 36.1 Å². The Morgan fingerprint density at radius 3 is 2.52 bits per heavy atom. The standard InChI is InChI=1S/C22H23F3N2O4/c1-30-9-8-19(28)26-11-14-10-16(13-26)21-18(6-7-20(29)27(21)12-14)15-2-4-17(5-3-15)31-22(23,24)25/h2-7,14,16H,8-13H2,1H3/t14-,16-/m1/s1. The molecule has 1 aromatic heterocycles. The van der Waals surface area contributed by atoms with E-state index >= 15 is 0 Å². The lowest BCUT2D eigenvalue weighted by Crippen LogP contribution is -2.49. The molecule has 166 valence electrons. The Morgan fingerprint density at radius 2 is 1.84 bits per heavy atom. The van der Waals surface area contributed by atoms with Gasteiger partial charge in [0.1, 0.15) is 5.75 Å². The highest BCUT2D eigenvalue weighted by atomic mass is 19.4. The van der Waals surface area contributed by atoms with E-state index in [4.69, 9.17) is 4.74 Å². The Morgan fingerprint density at radius 1 is 1.10 bits per heavy atom. The van der Waals surface area contributed by atoms with Crippen LogP contribution in [0.1, 0.15) is 24.5 Å². The van der Waals surface area contributed by atoms with Crippen LogP contribution < -0.4 is 10.3 Å². The Labute approximate surface area is 177 Å². The Kier molecular flexibility index (Phi) is 5.79. The van der Waals surface area contributed by atoms with Crippen molar-refractivity contribution in [3.05, 3.63) is 52.4 Å². The molecule has 1 fully saturated rings. The summed E-state index contributed by atoms with van der Waals surface area (Å²) < 4.78 is 48.1. The van der Waals surface area contributed by atoms with Gasteiger partial charge in [0.15, 0.2) is 0 Å². The maximum Gasteiger partial charge on any atom is 0.573 e. The maximum atomic E-state index is 12.6. The van der Waals surface area contributed by atoms with Crippen molar-refractivity contribution < 1.29 is 27.4 Å². The molecule has 4 rings (SSSR count). The molecule has 0 aliphatic carbocycles. The third-order valence-electron chi connectivity index (χ3n) is 5.86. The number of fused-ring (bicyclic) bond motifs is 4. The van der Waals surface area contributed by atoms with E-state index in [0.717, 1.165) is 17.7 Å². The first-order valence-corrected chi connectivity index (χ1v) is 10.1. The predicted molar refractivity (Wildman–Crippen MR) is 107 cm³/mol. The van der Waals surface area contributed by atoms with Gasteiger partial charge in [-0.1, -0.05) is 12.1 Å². The molecule has 0 radical (unpaired) electrons. The van der Waals surface area contributed by atoms with Gasteiger partial charge in [-0.3, -0.25) is 9.59 Å². The molecule has 9 heteroatoms. The molecule has 3 heterocycles. The number of carbonyl (C=O) groups excluding carboxylic acids is 1. The van der Waals surface area contributed by atoms with Gasteiger partial charge in [0.2, 0.25) is 5.91 Å². The highest BCUT2D eigenvalue weighted by molar-refractivity contribution is 5.77. The molecule has 0 saturated carbocycles. The van der Waals surface area contributed by atoms with Gasteiger partial charge in [-0.15, -0.1) is 13.2 Å². The van der Waals surface area contributed by atoms with Crippen LogP contribution in [0.3, 0.4) is 0 Å². The first-order chi connectivity index (χ1) is 14.7. The third-order valence-corrected chi connectivity index (χ3v) is 5.86. The van der Waals surface area contributed by atoms with Gasteiger partial charge in [-0.25, -0.2) is 0 Å². The van der Waals surface area contributed by atoms with Crippen LogP contribution in [0.15, 0.2) is 41.2 Å². The molecule has 2 aliphatic heterocycles. The van der Waals surface area contributed by atoms with E-state index in [1.165, 1.54) is 18.2 Å². The zero-order valence-electron chi connectivity index (χ0n) is 17.0. The Bertz CT molecular complexity index is 1020. The van der Waals surface area contributed by atoms with E-state index in [9.17, 15) is 22.8 Å². The zero-order valence-corrected chi connectivity index (χ0v) is 17.0. The number of hydrogen-bond acceptors (Lipinski definition) is 4. The molecule has 0 unspecified atom stereocenters. The summed E-state index contributed by atoms with van der Waals surface area (Å²) in [6.07, 6.45) is -3.58. The summed E-state index contributed by atoms with van der Waals surface area (Å²) in [4.78, 5) is 26.9. The van der Waals surface area contributed by atoms with Gasteiger partial charge in [0, 0.05) is 50.0 Å². The van der Waals surface area contributed by atoms with Gasteiger partial charge in [-0.2, -0.15) is 0 Å². The van der Waals surface area contributed by atoms with Gasteiger partial charge < -0.3 is 18.9 Å². The number of benzene rings is 1. The fourth-order valence-electron chi connectivity index (χ4n) is 4.65. The number of nitrogens with zero attached hydrogens (tertiary/aromatic N) is 2. The quantitative estimate of drug-likeness (QED) is 0.721. The van der Waals surface area contributed by atoms with Crippen LogP contribution in [0, 0.1) is 5.92 Å². The minimum absolute atomic E-state index is 0.0194. The number of carbonyl (C=O) groups is 1. The molecular weight excluding hydrogens is 413 g/mol. The number of rotatable bonds is 5. The van der Waals surface area contributed by atoms with Crippen LogP contribution in [0.4, 0.5) is 13.2 Å². The fraction of sp³-hybridized carbons (Fsp3) is 0.455. The monoisotopic (exact) mass is 436 g/mol. The van der Waals surface area contributed by atoms with E-state index in [0.29, 0.717) is 38.2 Å². The normalized spacial score (nSPS) is 20.3. The van der Waals surface area contributed by atoms with E-state index in [2.05, 4.69) is 4.74 Å². The second kappa shape index (κ2) is 8.37. The topological polar surface area (TPSA) is 60.8 Å². The van der Waals surface area contributed by atoms with E-state index < -0.39 is 6.36 Å². The van der Waals surface area contributed by atoms with Crippen LogP contribution in [-0.2, 0) is 16.1 Å². The van der Waals surface area contributed by atoms with E-state index in [-0.39, 0.29) is 29.1 Å². The smallest absolute Gasteiger partial charge is 0.406 e. The lowest BCUT2D eigenvalue weighted by molar-refractivity contribution is -0.274. The van der Waals surface area contributed by atoms with Crippen molar-refractivity contribution in [1.82, 2.24) is 9.47 Å². The minimum atomic E-state index is -4.75. The first-order valence-electron chi connectivity index (χ1n) is 10.1. The number of halogens is 3. The van der Waals surface area contributed by atoms with Gasteiger partial charge in [0.25, 0.3) is 5.56 Å². The highest BCUT2D eigenvalue weighted by Gasteiger charge is 2.37. The van der Waals surface area contributed by atoms with Crippen LogP contribution >= 0.6 is 0 Å². The summed E-state index contributed by atoms with van der Waals surface area (Å²) in [6.45, 7) is 1.99. The van der Waals surface area contributed by atoms with Crippen molar-refractivity contribution in [3.63, 3.8) is 0 Å².